The number of nitrogens with zero attached hydrogens (tertiary/aromatic N) is 3. The number of phenols is 1. The first-order chi connectivity index (χ1) is 13.0. The summed E-state index contributed by atoms with van der Waals surface area (Å²) in [7, 11) is 0. The van der Waals surface area contributed by atoms with Crippen molar-refractivity contribution in [1.82, 2.24) is 0 Å². The molecule has 1 aromatic heterocycles. The Morgan fingerprint density at radius 3 is 2.68 bits per heavy atom. The smallest absolute Gasteiger partial charge is 0.308 e. The number of aromatic nitrogens is 1. The van der Waals surface area contributed by atoms with Gasteiger partial charge in [-0.1, -0.05) is 16.8 Å². The molecule has 8 nitrogen and oxygen atoms in total. The molecule has 1 N–H and O–H groups in total. The number of phenolic OH excluding ortho intramolecular Hbond substituents is 1. The molecule has 0 saturated heterocycles. The number of rotatable bonds is 4. The first-order valence-corrected chi connectivity index (χ1v) is 8.51. The van der Waals surface area contributed by atoms with E-state index in [2.05, 4.69) is 5.16 Å². The Balaban J connectivity index is 2.46. The molecule has 0 aliphatic carbocycles. The molecule has 0 bridgehead atoms. The van der Waals surface area contributed by atoms with Gasteiger partial charge in [0, 0.05) is 13.0 Å². The molecular formula is C19H18ClN3O5. The summed E-state index contributed by atoms with van der Waals surface area (Å²) in [5.41, 5.74) is -1.18. The van der Waals surface area contributed by atoms with Crippen molar-refractivity contribution >= 4 is 23.3 Å². The minimum Gasteiger partial charge on any atom is -0.618 e. The summed E-state index contributed by atoms with van der Waals surface area (Å²) in [5.74, 6) is -1.33. The molecule has 0 amide bonds. The molecular weight excluding hydrogens is 386 g/mol. The van der Waals surface area contributed by atoms with E-state index in [1.165, 1.54) is 19.1 Å². The highest BCUT2D eigenvalue weighted by Crippen LogP contribution is 2.29. The van der Waals surface area contributed by atoms with E-state index in [0.29, 0.717) is 4.73 Å². The van der Waals surface area contributed by atoms with Gasteiger partial charge in [-0.25, -0.2) is 0 Å². The number of ketones is 1. The Morgan fingerprint density at radius 2 is 2.07 bits per heavy atom. The van der Waals surface area contributed by atoms with Crippen LogP contribution < -0.4 is 9.47 Å². The van der Waals surface area contributed by atoms with Gasteiger partial charge in [-0.05, 0) is 39.0 Å². The number of carbonyl (C=O) groups is 1. The van der Waals surface area contributed by atoms with Gasteiger partial charge in [-0.15, -0.1) is 0 Å². The van der Waals surface area contributed by atoms with E-state index in [1.54, 1.807) is 26.8 Å². The largest absolute Gasteiger partial charge is 0.618 e. The van der Waals surface area contributed by atoms with Crippen LogP contribution in [-0.2, 0) is 4.84 Å². The summed E-state index contributed by atoms with van der Waals surface area (Å²) < 4.78 is 5.80. The third kappa shape index (κ3) is 4.90. The molecule has 0 aliphatic rings. The van der Waals surface area contributed by atoms with Crippen molar-refractivity contribution in [2.24, 2.45) is 5.16 Å². The van der Waals surface area contributed by atoms with Crippen LogP contribution in [0, 0.1) is 16.5 Å². The van der Waals surface area contributed by atoms with Crippen molar-refractivity contribution in [3.8, 4) is 17.6 Å². The summed E-state index contributed by atoms with van der Waals surface area (Å²) in [6.45, 7) is 6.89. The maximum atomic E-state index is 12.9. The van der Waals surface area contributed by atoms with Crippen LogP contribution in [0.2, 0.25) is 5.02 Å². The third-order valence-corrected chi connectivity index (χ3v) is 3.61. The molecule has 1 aromatic carbocycles. The second kappa shape index (κ2) is 8.15. The molecule has 0 fully saturated rings. The number of nitriles is 1. The van der Waals surface area contributed by atoms with Crippen LogP contribution in [0.15, 0.2) is 35.6 Å². The zero-order chi connectivity index (χ0) is 21.1. The average molecular weight is 404 g/mol. The zero-order valence-electron chi connectivity index (χ0n) is 15.7. The molecule has 0 spiro atoms. The number of hydrogen-bond donors (Lipinski definition) is 1. The van der Waals surface area contributed by atoms with Gasteiger partial charge < -0.3 is 19.9 Å². The van der Waals surface area contributed by atoms with Crippen molar-refractivity contribution in [3.05, 3.63) is 57.5 Å². The molecule has 1 heterocycles. The fraction of sp³-hybridized carbons (Fsp3) is 0.263. The Labute approximate surface area is 166 Å². The minimum absolute atomic E-state index is 0.00226. The van der Waals surface area contributed by atoms with E-state index in [0.717, 1.165) is 18.3 Å². The van der Waals surface area contributed by atoms with Crippen LogP contribution in [0.1, 0.15) is 49.3 Å². The first kappa shape index (κ1) is 21.0. The molecule has 0 atom stereocenters. The first-order valence-electron chi connectivity index (χ1n) is 8.13. The fourth-order valence-corrected chi connectivity index (χ4v) is 2.31. The van der Waals surface area contributed by atoms with Crippen molar-refractivity contribution in [3.63, 3.8) is 0 Å². The van der Waals surface area contributed by atoms with Gasteiger partial charge in [0.05, 0.1) is 16.1 Å². The highest BCUT2D eigenvalue weighted by molar-refractivity contribution is 6.32. The molecule has 2 rings (SSSR count). The zero-order valence-corrected chi connectivity index (χ0v) is 16.4. The monoisotopic (exact) mass is 403 g/mol. The van der Waals surface area contributed by atoms with Gasteiger partial charge in [-0.3, -0.25) is 4.79 Å². The number of pyridine rings is 1. The molecule has 0 radical (unpaired) electrons. The number of benzene rings is 1. The Kier molecular flexibility index (Phi) is 6.11. The number of oxime groups is 1. The summed E-state index contributed by atoms with van der Waals surface area (Å²) >= 11 is 5.94. The molecule has 0 saturated carbocycles. The normalized spacial score (nSPS) is 11.6. The van der Waals surface area contributed by atoms with Crippen LogP contribution >= 0.6 is 11.6 Å². The van der Waals surface area contributed by atoms with Crippen LogP contribution in [0.5, 0.6) is 11.5 Å². The van der Waals surface area contributed by atoms with Gasteiger partial charge in [0.2, 0.25) is 11.6 Å². The van der Waals surface area contributed by atoms with Gasteiger partial charge in [0.25, 0.3) is 5.78 Å². The second-order valence-corrected chi connectivity index (χ2v) is 7.16. The van der Waals surface area contributed by atoms with E-state index in [9.17, 15) is 15.1 Å². The predicted octanol–water partition coefficient (Wildman–Crippen LogP) is 3.31. The van der Waals surface area contributed by atoms with E-state index in [4.69, 9.17) is 26.4 Å². The lowest BCUT2D eigenvalue weighted by Crippen LogP contribution is -2.35. The Hall–Kier alpha value is -3.31. The van der Waals surface area contributed by atoms with Gasteiger partial charge >= 0.3 is 5.69 Å². The van der Waals surface area contributed by atoms with Crippen molar-refractivity contribution in [1.29, 1.82) is 5.26 Å². The second-order valence-electron chi connectivity index (χ2n) is 6.75. The van der Waals surface area contributed by atoms with Gasteiger partial charge in [-0.2, -0.15) is 9.99 Å². The van der Waals surface area contributed by atoms with Gasteiger partial charge in [0.1, 0.15) is 17.4 Å². The summed E-state index contributed by atoms with van der Waals surface area (Å²) in [6.07, 6.45) is 1.11. The molecule has 0 aliphatic heterocycles. The maximum absolute atomic E-state index is 12.9. The molecule has 28 heavy (non-hydrogen) atoms. The van der Waals surface area contributed by atoms with Crippen LogP contribution in [0.4, 0.5) is 0 Å². The van der Waals surface area contributed by atoms with E-state index in [1.807, 2.05) is 0 Å². The maximum Gasteiger partial charge on any atom is 0.308 e. The van der Waals surface area contributed by atoms with E-state index >= 15 is 0 Å². The summed E-state index contributed by atoms with van der Waals surface area (Å²) in [5, 5.41) is 35.1. The quantitative estimate of drug-likeness (QED) is 0.209. The molecule has 0 unspecified atom stereocenters. The van der Waals surface area contributed by atoms with E-state index < -0.39 is 17.1 Å². The molecule has 9 heteroatoms. The highest BCUT2D eigenvalue weighted by atomic mass is 35.5. The molecule has 146 valence electrons. The summed E-state index contributed by atoms with van der Waals surface area (Å²) in [6, 6.07) is 6.76. The lowest BCUT2D eigenvalue weighted by molar-refractivity contribution is -0.607. The van der Waals surface area contributed by atoms with Crippen LogP contribution in [0.25, 0.3) is 0 Å². The van der Waals surface area contributed by atoms with Crippen molar-refractivity contribution < 1.29 is 24.2 Å². The fourth-order valence-electron chi connectivity index (χ4n) is 2.10. The summed E-state index contributed by atoms with van der Waals surface area (Å²) in [4.78, 5) is 18.1. The Bertz CT molecular complexity index is 990. The Morgan fingerprint density at radius 1 is 1.39 bits per heavy atom. The topological polar surface area (TPSA) is 119 Å². The number of hydrogen-bond acceptors (Lipinski definition) is 7. The van der Waals surface area contributed by atoms with Crippen molar-refractivity contribution in [2.45, 2.75) is 33.3 Å². The van der Waals surface area contributed by atoms with E-state index in [-0.39, 0.29) is 33.5 Å². The van der Waals surface area contributed by atoms with Crippen molar-refractivity contribution in [2.75, 3.05) is 0 Å². The standard InChI is InChI=1S/C19H18ClN3O5/c1-11(22-28-19(2,3)4)27-16-6-5-7-23(26)17(16)18(25)13-9-14(20)12(10-21)8-15(13)24/h5-9,24H,1-4H3/b22-11-. The number of aromatic hydroxyl groups is 1. The SMILES string of the molecule is C/C(=N/OC(C)(C)C)Oc1ccc[n+]([O-])c1C(=O)c1cc(Cl)c(C#N)cc1O. The third-order valence-electron chi connectivity index (χ3n) is 3.29. The van der Waals surface area contributed by atoms with Crippen LogP contribution in [-0.4, -0.2) is 22.4 Å². The minimum atomic E-state index is -0.834. The highest BCUT2D eigenvalue weighted by Gasteiger charge is 2.28. The number of carbonyl (C=O) groups excluding carboxylic acids is 1. The lowest BCUT2D eigenvalue weighted by atomic mass is 10.0. The van der Waals surface area contributed by atoms with Crippen LogP contribution in [0.3, 0.4) is 0 Å². The molecule has 2 aromatic rings. The van der Waals surface area contributed by atoms with Gasteiger partial charge in [0.15, 0.2) is 6.20 Å². The average Bonchev–Trinajstić information content (AvgIpc) is 2.60. The number of ether oxygens (including phenoxy) is 1. The lowest BCUT2D eigenvalue weighted by Gasteiger charge is -2.16. The predicted molar refractivity (Wildman–Crippen MR) is 101 cm³/mol. The number of halogens is 1.